The highest BCUT2D eigenvalue weighted by Gasteiger charge is 2.17. The van der Waals surface area contributed by atoms with Gasteiger partial charge in [-0.25, -0.2) is 4.79 Å². The number of carbonyl (C=O) groups excluding carboxylic acids is 1. The molecule has 6 heteroatoms. The number of benzene rings is 3. The Morgan fingerprint density at radius 3 is 2.59 bits per heavy atom. The van der Waals surface area contributed by atoms with Crippen molar-refractivity contribution in [3.05, 3.63) is 94.3 Å². The summed E-state index contributed by atoms with van der Waals surface area (Å²) in [5, 5.41) is 7.65. The van der Waals surface area contributed by atoms with Gasteiger partial charge in [0.1, 0.15) is 0 Å². The number of hydrazone groups is 1. The minimum atomic E-state index is -0.456. The van der Waals surface area contributed by atoms with Crippen molar-refractivity contribution in [3.63, 3.8) is 0 Å². The van der Waals surface area contributed by atoms with E-state index in [0.717, 1.165) is 20.7 Å². The quantitative estimate of drug-likeness (QED) is 0.218. The Labute approximate surface area is 177 Å². The van der Waals surface area contributed by atoms with Crippen LogP contribution in [-0.4, -0.2) is 19.2 Å². The van der Waals surface area contributed by atoms with Gasteiger partial charge in [0.15, 0.2) is 5.75 Å². The van der Waals surface area contributed by atoms with E-state index in [9.17, 15) is 4.79 Å². The zero-order chi connectivity index (χ0) is 20.2. The smallest absolute Gasteiger partial charge is 0.343 e. The Kier molecular flexibility index (Phi) is 5.60. The average Bonchev–Trinajstić information content (AvgIpc) is 3.10. The number of thiophene rings is 1. The average molecular weight is 421 g/mol. The summed E-state index contributed by atoms with van der Waals surface area (Å²) in [6.07, 6.45) is 1.72. The van der Waals surface area contributed by atoms with Crippen LogP contribution >= 0.6 is 22.9 Å². The molecule has 29 heavy (non-hydrogen) atoms. The van der Waals surface area contributed by atoms with Crippen LogP contribution in [0.3, 0.4) is 0 Å². The van der Waals surface area contributed by atoms with Gasteiger partial charge in [0.05, 0.1) is 22.3 Å². The Balaban J connectivity index is 1.67. The van der Waals surface area contributed by atoms with Crippen LogP contribution in [0.4, 0.5) is 5.69 Å². The first kappa shape index (κ1) is 19.2. The maximum Gasteiger partial charge on any atom is 0.343 e. The summed E-state index contributed by atoms with van der Waals surface area (Å²) in [6.45, 7) is 0. The molecule has 3 aromatic carbocycles. The molecular formula is C23H17ClN2O2S. The molecule has 0 aliphatic rings. The van der Waals surface area contributed by atoms with Gasteiger partial charge in [-0.3, -0.25) is 5.01 Å². The van der Waals surface area contributed by atoms with Crippen molar-refractivity contribution in [2.45, 2.75) is 0 Å². The Bertz CT molecular complexity index is 1190. The van der Waals surface area contributed by atoms with E-state index in [-0.39, 0.29) is 0 Å². The highest BCUT2D eigenvalue weighted by Crippen LogP contribution is 2.37. The van der Waals surface area contributed by atoms with Crippen molar-refractivity contribution in [3.8, 4) is 5.75 Å². The van der Waals surface area contributed by atoms with Crippen molar-refractivity contribution < 1.29 is 9.53 Å². The lowest BCUT2D eigenvalue weighted by Crippen LogP contribution is -2.10. The second-order valence-electron chi connectivity index (χ2n) is 6.30. The van der Waals surface area contributed by atoms with E-state index in [2.05, 4.69) is 5.10 Å². The molecule has 0 N–H and O–H groups in total. The molecule has 4 nitrogen and oxygen atoms in total. The number of anilines is 1. The third-order valence-corrected chi connectivity index (χ3v) is 5.63. The number of halogens is 1. The van der Waals surface area contributed by atoms with E-state index in [1.807, 2.05) is 61.6 Å². The van der Waals surface area contributed by atoms with E-state index in [1.165, 1.54) is 11.3 Å². The first-order chi connectivity index (χ1) is 14.1. The van der Waals surface area contributed by atoms with Crippen molar-refractivity contribution in [1.29, 1.82) is 0 Å². The van der Waals surface area contributed by atoms with Crippen LogP contribution in [0.25, 0.3) is 10.1 Å². The van der Waals surface area contributed by atoms with E-state index in [4.69, 9.17) is 16.3 Å². The molecule has 1 heterocycles. The minimum absolute atomic E-state index is 0.400. The number of para-hydroxylation sites is 1. The first-order valence-electron chi connectivity index (χ1n) is 8.94. The summed E-state index contributed by atoms with van der Waals surface area (Å²) >= 11 is 7.53. The topological polar surface area (TPSA) is 41.9 Å². The fraction of sp³-hybridized carbons (Fsp3) is 0.0435. The number of carbonyl (C=O) groups is 1. The van der Waals surface area contributed by atoms with Crippen molar-refractivity contribution >= 4 is 50.9 Å². The minimum Gasteiger partial charge on any atom is -0.421 e. The van der Waals surface area contributed by atoms with Crippen LogP contribution < -0.4 is 9.75 Å². The second-order valence-corrected chi connectivity index (χ2v) is 7.82. The lowest BCUT2D eigenvalue weighted by atomic mass is 10.2. The molecule has 0 amide bonds. The second kappa shape index (κ2) is 8.47. The van der Waals surface area contributed by atoms with Gasteiger partial charge >= 0.3 is 5.97 Å². The summed E-state index contributed by atoms with van der Waals surface area (Å²) < 4.78 is 6.80. The highest BCUT2D eigenvalue weighted by molar-refractivity contribution is 7.21. The molecule has 4 rings (SSSR count). The molecule has 0 aliphatic carbocycles. The monoisotopic (exact) mass is 420 g/mol. The number of hydrogen-bond acceptors (Lipinski definition) is 5. The SMILES string of the molecule is CN(/N=C/c1sc2ccccc2c1OC(=O)c1cccc(Cl)c1)c1ccccc1. The van der Waals surface area contributed by atoms with Crippen LogP contribution in [-0.2, 0) is 0 Å². The van der Waals surface area contributed by atoms with Crippen LogP contribution in [0, 0.1) is 0 Å². The molecule has 0 spiro atoms. The summed E-state index contributed by atoms with van der Waals surface area (Å²) in [7, 11) is 1.87. The van der Waals surface area contributed by atoms with E-state index >= 15 is 0 Å². The molecule has 0 bridgehead atoms. The fourth-order valence-electron chi connectivity index (χ4n) is 2.85. The molecule has 0 aliphatic heterocycles. The summed E-state index contributed by atoms with van der Waals surface area (Å²) in [6, 6.07) is 24.3. The summed E-state index contributed by atoms with van der Waals surface area (Å²) in [5.74, 6) is 0.0444. The molecule has 0 radical (unpaired) electrons. The Morgan fingerprint density at radius 2 is 1.79 bits per heavy atom. The van der Waals surface area contributed by atoms with Crippen LogP contribution in [0.1, 0.15) is 15.2 Å². The summed E-state index contributed by atoms with van der Waals surface area (Å²) in [5.41, 5.74) is 1.36. The van der Waals surface area contributed by atoms with Crippen molar-refractivity contribution in [1.82, 2.24) is 0 Å². The normalized spacial score (nSPS) is 11.1. The van der Waals surface area contributed by atoms with Gasteiger partial charge in [-0.05, 0) is 42.5 Å². The van der Waals surface area contributed by atoms with Gasteiger partial charge in [0.25, 0.3) is 0 Å². The first-order valence-corrected chi connectivity index (χ1v) is 10.1. The van der Waals surface area contributed by atoms with Crippen LogP contribution in [0.5, 0.6) is 5.75 Å². The number of esters is 1. The predicted octanol–water partition coefficient (Wildman–Crippen LogP) is 6.24. The van der Waals surface area contributed by atoms with Gasteiger partial charge < -0.3 is 4.74 Å². The number of fused-ring (bicyclic) bond motifs is 1. The van der Waals surface area contributed by atoms with Gasteiger partial charge in [0.2, 0.25) is 0 Å². The molecule has 0 fully saturated rings. The molecule has 0 unspecified atom stereocenters. The standard InChI is InChI=1S/C23H17ClN2O2S/c1-26(18-10-3-2-4-11-18)25-15-21-22(19-12-5-6-13-20(19)29-21)28-23(27)16-8-7-9-17(24)14-16/h2-15H,1H3/b25-15+. The van der Waals surface area contributed by atoms with Gasteiger partial charge in [-0.15, -0.1) is 11.3 Å². The molecule has 144 valence electrons. The van der Waals surface area contributed by atoms with Gasteiger partial charge in [-0.1, -0.05) is 48.0 Å². The molecule has 0 atom stereocenters. The van der Waals surface area contributed by atoms with Crippen molar-refractivity contribution in [2.75, 3.05) is 12.1 Å². The van der Waals surface area contributed by atoms with Crippen LogP contribution in [0.15, 0.2) is 84.0 Å². The van der Waals surface area contributed by atoms with Crippen molar-refractivity contribution in [2.24, 2.45) is 5.10 Å². The maximum atomic E-state index is 12.7. The largest absolute Gasteiger partial charge is 0.421 e. The lowest BCUT2D eigenvalue weighted by Gasteiger charge is -2.12. The zero-order valence-electron chi connectivity index (χ0n) is 15.6. The lowest BCUT2D eigenvalue weighted by molar-refractivity contribution is 0.0737. The van der Waals surface area contributed by atoms with E-state index < -0.39 is 5.97 Å². The number of nitrogens with zero attached hydrogens (tertiary/aromatic N) is 2. The molecule has 4 aromatic rings. The number of rotatable bonds is 5. The Hall–Kier alpha value is -3.15. The van der Waals surface area contributed by atoms with Gasteiger partial charge in [0, 0.05) is 22.2 Å². The summed E-state index contributed by atoms with van der Waals surface area (Å²) in [4.78, 5) is 13.5. The zero-order valence-corrected chi connectivity index (χ0v) is 17.2. The van der Waals surface area contributed by atoms with E-state index in [0.29, 0.717) is 16.3 Å². The molecular weight excluding hydrogens is 404 g/mol. The fourth-order valence-corrected chi connectivity index (χ4v) is 4.04. The Morgan fingerprint density at radius 1 is 1.03 bits per heavy atom. The third kappa shape index (κ3) is 4.31. The highest BCUT2D eigenvalue weighted by atomic mass is 35.5. The van der Waals surface area contributed by atoms with Gasteiger partial charge in [-0.2, -0.15) is 5.10 Å². The van der Waals surface area contributed by atoms with Crippen LogP contribution in [0.2, 0.25) is 5.02 Å². The predicted molar refractivity (Wildman–Crippen MR) is 121 cm³/mol. The number of ether oxygens (including phenoxy) is 1. The third-order valence-electron chi connectivity index (χ3n) is 4.31. The van der Waals surface area contributed by atoms with E-state index in [1.54, 1.807) is 35.5 Å². The molecule has 0 saturated carbocycles. The number of hydrogen-bond donors (Lipinski definition) is 0. The molecule has 0 saturated heterocycles. The maximum absolute atomic E-state index is 12.7. The molecule has 1 aromatic heterocycles.